The van der Waals surface area contributed by atoms with Gasteiger partial charge >= 0.3 is 6.09 Å². The molecule has 11 nitrogen and oxygen atoms in total. The molecule has 7 rings (SSSR count). The van der Waals surface area contributed by atoms with Gasteiger partial charge in [-0.3, -0.25) is 28.8 Å². The molecule has 284 valence electrons. The molecule has 1 aromatic carbocycles. The van der Waals surface area contributed by atoms with Gasteiger partial charge in [-0.25, -0.2) is 13.2 Å². The minimum absolute atomic E-state index is 0.0381. The molecular weight excluding hydrogens is 683 g/mol. The zero-order valence-corrected chi connectivity index (χ0v) is 31.3. The molecule has 4 heterocycles. The molecule has 0 spiro atoms. The number of rotatable bonds is 3. The third-order valence-electron chi connectivity index (χ3n) is 12.7. The SMILES string of the molecule is O=C1CCCCCCCc2cccc3c2CN(C3)C(=O)O[C@@H]2C[C@H]3C(=O)C[C@]4(C(=O)NS(=O)(=O)C5CC5)C[C@H]4CCCCCCC[C@H](C1)C(=O)N3C2. The molecule has 2 saturated carbocycles. The van der Waals surface area contributed by atoms with E-state index in [0.29, 0.717) is 45.2 Å². The first-order chi connectivity index (χ1) is 25.0. The van der Waals surface area contributed by atoms with Gasteiger partial charge < -0.3 is 9.64 Å². The average molecular weight is 738 g/mol. The van der Waals surface area contributed by atoms with E-state index in [1.165, 1.54) is 10.5 Å². The molecule has 2 saturated heterocycles. The number of nitrogens with one attached hydrogen (secondary N) is 1. The van der Waals surface area contributed by atoms with Crippen LogP contribution < -0.4 is 4.72 Å². The van der Waals surface area contributed by atoms with Crippen molar-refractivity contribution >= 4 is 39.5 Å². The maximum atomic E-state index is 14.5. The molecular formula is C40H55N3O8S. The van der Waals surface area contributed by atoms with Gasteiger partial charge in [0.2, 0.25) is 21.8 Å². The van der Waals surface area contributed by atoms with Gasteiger partial charge in [-0.2, -0.15) is 0 Å². The highest BCUT2D eigenvalue weighted by Gasteiger charge is 2.62. The van der Waals surface area contributed by atoms with Crippen LogP contribution in [0.25, 0.3) is 0 Å². The maximum Gasteiger partial charge on any atom is 0.410 e. The highest BCUT2D eigenvalue weighted by Crippen LogP contribution is 2.59. The quantitative estimate of drug-likeness (QED) is 0.404. The summed E-state index contributed by atoms with van der Waals surface area (Å²) in [5.41, 5.74) is 2.38. The molecule has 52 heavy (non-hydrogen) atoms. The lowest BCUT2D eigenvalue weighted by Gasteiger charge is -2.29. The van der Waals surface area contributed by atoms with Crippen molar-refractivity contribution in [3.05, 3.63) is 34.9 Å². The topological polar surface area (TPSA) is 147 Å². The van der Waals surface area contributed by atoms with E-state index in [1.54, 1.807) is 4.90 Å². The van der Waals surface area contributed by atoms with E-state index in [2.05, 4.69) is 16.9 Å². The first kappa shape index (κ1) is 37.1. The summed E-state index contributed by atoms with van der Waals surface area (Å²) in [6.07, 6.45) is 12.3. The van der Waals surface area contributed by atoms with E-state index in [4.69, 9.17) is 4.74 Å². The number of nitrogens with zero attached hydrogens (tertiary/aromatic N) is 2. The van der Waals surface area contributed by atoms with E-state index in [9.17, 15) is 32.4 Å². The highest BCUT2D eigenvalue weighted by molar-refractivity contribution is 7.90. The summed E-state index contributed by atoms with van der Waals surface area (Å²) in [5, 5.41) is -0.566. The molecule has 2 aliphatic carbocycles. The van der Waals surface area contributed by atoms with Crippen molar-refractivity contribution in [3.8, 4) is 0 Å². The predicted octanol–water partition coefficient (Wildman–Crippen LogP) is 5.90. The van der Waals surface area contributed by atoms with Gasteiger partial charge in [0.1, 0.15) is 11.9 Å². The van der Waals surface area contributed by atoms with Crippen molar-refractivity contribution in [1.29, 1.82) is 0 Å². The molecule has 3 amide bonds. The van der Waals surface area contributed by atoms with E-state index < -0.39 is 50.8 Å². The number of ether oxygens (including phenoxy) is 1. The zero-order valence-electron chi connectivity index (χ0n) is 30.5. The normalized spacial score (nSPS) is 31.3. The third kappa shape index (κ3) is 8.26. The summed E-state index contributed by atoms with van der Waals surface area (Å²) in [7, 11) is -3.80. The Hall–Kier alpha value is -3.28. The second-order valence-electron chi connectivity index (χ2n) is 16.6. The second kappa shape index (κ2) is 15.6. The van der Waals surface area contributed by atoms with Crippen LogP contribution in [0.15, 0.2) is 18.2 Å². The fourth-order valence-electron chi connectivity index (χ4n) is 9.36. The molecule has 0 radical (unpaired) electrons. The van der Waals surface area contributed by atoms with Crippen molar-refractivity contribution in [2.45, 2.75) is 159 Å². The molecule has 4 fully saturated rings. The second-order valence-corrected chi connectivity index (χ2v) is 18.5. The fourth-order valence-corrected chi connectivity index (χ4v) is 10.7. The number of carbonyl (C=O) groups is 5. The van der Waals surface area contributed by atoms with Crippen molar-refractivity contribution in [2.75, 3.05) is 6.54 Å². The largest absolute Gasteiger partial charge is 0.444 e. The molecule has 0 aromatic heterocycles. The van der Waals surface area contributed by atoms with Crippen LogP contribution in [0.5, 0.6) is 0 Å². The van der Waals surface area contributed by atoms with Gasteiger partial charge in [-0.05, 0) is 74.0 Å². The van der Waals surface area contributed by atoms with Crippen LogP contribution in [0.1, 0.15) is 139 Å². The van der Waals surface area contributed by atoms with E-state index in [-0.39, 0.29) is 49.2 Å². The van der Waals surface area contributed by atoms with Crippen molar-refractivity contribution in [1.82, 2.24) is 14.5 Å². The van der Waals surface area contributed by atoms with E-state index in [1.807, 2.05) is 6.07 Å². The molecule has 5 bridgehead atoms. The number of sulfonamides is 1. The summed E-state index contributed by atoms with van der Waals surface area (Å²) in [6.45, 7) is 0.929. The number of hydrogen-bond donors (Lipinski definition) is 1. The van der Waals surface area contributed by atoms with Crippen molar-refractivity contribution in [2.24, 2.45) is 17.3 Å². The molecule has 12 heteroatoms. The minimum Gasteiger partial charge on any atom is -0.444 e. The van der Waals surface area contributed by atoms with E-state index >= 15 is 0 Å². The van der Waals surface area contributed by atoms with Crippen LogP contribution in [0.3, 0.4) is 0 Å². The number of Topliss-reactive ketones (excluding diaryl/α,β-unsaturated/α-hetero) is 2. The summed E-state index contributed by atoms with van der Waals surface area (Å²) >= 11 is 0. The smallest absolute Gasteiger partial charge is 0.410 e. The number of amides is 3. The lowest BCUT2D eigenvalue weighted by molar-refractivity contribution is -0.143. The van der Waals surface area contributed by atoms with Crippen LogP contribution in [0.2, 0.25) is 0 Å². The molecule has 5 atom stereocenters. The first-order valence-corrected chi connectivity index (χ1v) is 21.5. The Bertz CT molecular complexity index is 1670. The van der Waals surface area contributed by atoms with Gasteiger partial charge in [0, 0.05) is 44.7 Å². The number of hydrogen-bond acceptors (Lipinski definition) is 8. The van der Waals surface area contributed by atoms with Crippen molar-refractivity contribution < 1.29 is 37.1 Å². The Labute approximate surface area is 308 Å². The van der Waals surface area contributed by atoms with Gasteiger partial charge in [0.05, 0.1) is 23.3 Å². The van der Waals surface area contributed by atoms with Gasteiger partial charge in [-0.15, -0.1) is 0 Å². The molecule has 1 aromatic rings. The lowest BCUT2D eigenvalue weighted by atomic mass is 9.89. The first-order valence-electron chi connectivity index (χ1n) is 20.0. The van der Waals surface area contributed by atoms with Crippen molar-refractivity contribution in [3.63, 3.8) is 0 Å². The van der Waals surface area contributed by atoms with Crippen LogP contribution in [-0.4, -0.2) is 71.6 Å². The zero-order chi connectivity index (χ0) is 36.5. The number of carbonyl (C=O) groups excluding carboxylic acids is 5. The Balaban J connectivity index is 1.15. The lowest BCUT2D eigenvalue weighted by Crippen LogP contribution is -2.46. The summed E-state index contributed by atoms with van der Waals surface area (Å²) < 4.78 is 34.1. The Kier molecular flexibility index (Phi) is 11.1. The average Bonchev–Trinajstić information content (AvgIpc) is 3.99. The van der Waals surface area contributed by atoms with Gasteiger partial charge in [0.15, 0.2) is 5.78 Å². The Morgan fingerprint density at radius 2 is 1.52 bits per heavy atom. The molecule has 0 unspecified atom stereocenters. The van der Waals surface area contributed by atoms with Crippen LogP contribution in [0, 0.1) is 17.3 Å². The fraction of sp³-hybridized carbons (Fsp3) is 0.725. The predicted molar refractivity (Wildman–Crippen MR) is 193 cm³/mol. The molecule has 4 aliphatic heterocycles. The Morgan fingerprint density at radius 3 is 2.29 bits per heavy atom. The minimum atomic E-state index is -3.80. The number of benzene rings is 1. The number of ketones is 2. The number of aryl methyl sites for hydroxylation is 1. The Morgan fingerprint density at radius 1 is 0.827 bits per heavy atom. The summed E-state index contributed by atoms with van der Waals surface area (Å²) in [4.78, 5) is 72.9. The van der Waals surface area contributed by atoms with E-state index in [0.717, 1.165) is 88.2 Å². The standard InChI is InChI=1S/C40H55N3O8S/c44-31-17-10-6-2-3-7-12-27-14-11-15-29-24-42(26-34(27)29)39(48)51-32-21-35-36(45)23-40(38(47)41-52(49,50)33-18-19-33)22-30(40)16-9-5-1-4-8-13-28(20-31)37(46)43(35)25-32/h11,14-15,28,30,32-33,35H,1-10,12-13,16-26H2,(H,41,47)/t28-,30-,32-,35+,40-/m1/s1. The third-order valence-corrected chi connectivity index (χ3v) is 14.5. The molecule has 1 N–H and O–H groups in total. The van der Waals surface area contributed by atoms with Crippen LogP contribution in [0.4, 0.5) is 4.79 Å². The van der Waals surface area contributed by atoms with Gasteiger partial charge in [0.25, 0.3) is 0 Å². The maximum absolute atomic E-state index is 14.5. The summed E-state index contributed by atoms with van der Waals surface area (Å²) in [6, 6.07) is 5.29. The van der Waals surface area contributed by atoms with Crippen LogP contribution >= 0.6 is 0 Å². The monoisotopic (exact) mass is 737 g/mol. The highest BCUT2D eigenvalue weighted by atomic mass is 32.2. The number of fused-ring (bicyclic) bond motifs is 4. The van der Waals surface area contributed by atoms with Crippen LogP contribution in [-0.2, 0) is 53.4 Å². The summed E-state index contributed by atoms with van der Waals surface area (Å²) in [5.74, 6) is -1.82. The molecule has 6 aliphatic rings. The van der Waals surface area contributed by atoms with Gasteiger partial charge in [-0.1, -0.05) is 69.6 Å².